The van der Waals surface area contributed by atoms with Crippen molar-refractivity contribution in [3.8, 4) is 0 Å². The second-order valence-corrected chi connectivity index (χ2v) is 10.0. The van der Waals surface area contributed by atoms with E-state index in [-0.39, 0.29) is 6.42 Å². The quantitative estimate of drug-likeness (QED) is 0.533. The summed E-state index contributed by atoms with van der Waals surface area (Å²) in [6, 6.07) is 10.1. The molecule has 0 bridgehead atoms. The summed E-state index contributed by atoms with van der Waals surface area (Å²) in [6.45, 7) is 3.96. The number of carbonyl (C=O) groups is 4. The Balaban J connectivity index is 1.61. The van der Waals surface area contributed by atoms with Crippen LogP contribution in [0.1, 0.15) is 42.9 Å². The number of anilines is 2. The molecule has 2 aromatic carbocycles. The van der Waals surface area contributed by atoms with Gasteiger partial charge in [-0.15, -0.1) is 0 Å². The highest BCUT2D eigenvalue weighted by atomic mass is 35.5. The molecule has 2 fully saturated rings. The van der Waals surface area contributed by atoms with Crippen LogP contribution >= 0.6 is 11.6 Å². The van der Waals surface area contributed by atoms with Crippen molar-refractivity contribution in [2.75, 3.05) is 10.2 Å². The average Bonchev–Trinajstić information content (AvgIpc) is 3.38. The molecule has 1 spiro atoms. The fourth-order valence-electron chi connectivity index (χ4n) is 5.83. The molecule has 3 aliphatic heterocycles. The van der Waals surface area contributed by atoms with E-state index in [9.17, 15) is 19.2 Å². The van der Waals surface area contributed by atoms with Gasteiger partial charge in [-0.1, -0.05) is 43.1 Å². The summed E-state index contributed by atoms with van der Waals surface area (Å²) in [5, 5.41) is 6.33. The summed E-state index contributed by atoms with van der Waals surface area (Å²) in [5.41, 5.74) is 7.25. The summed E-state index contributed by atoms with van der Waals surface area (Å²) in [5.74, 6) is -4.00. The van der Waals surface area contributed by atoms with Gasteiger partial charge in [-0.2, -0.15) is 0 Å². The summed E-state index contributed by atoms with van der Waals surface area (Å²) in [6.07, 6.45) is 2.84. The molecule has 0 unspecified atom stereocenters. The molecular formula is C26H27ClN4O4. The number of nitrogens with two attached hydrogens (primary N) is 1. The minimum atomic E-state index is -1.53. The Morgan fingerprint density at radius 1 is 1.14 bits per heavy atom. The summed E-state index contributed by atoms with van der Waals surface area (Å²) in [4.78, 5) is 54.2. The van der Waals surface area contributed by atoms with E-state index in [0.29, 0.717) is 22.0 Å². The number of rotatable bonds is 6. The lowest BCUT2D eigenvalue weighted by molar-refractivity contribution is -0.130. The zero-order chi connectivity index (χ0) is 25.1. The van der Waals surface area contributed by atoms with Gasteiger partial charge in [0.25, 0.3) is 0 Å². The first-order valence-corrected chi connectivity index (χ1v) is 12.2. The van der Waals surface area contributed by atoms with Crippen molar-refractivity contribution in [2.24, 2.45) is 17.6 Å². The Kier molecular flexibility index (Phi) is 5.68. The number of aryl methyl sites for hydroxylation is 2. The lowest BCUT2D eigenvalue weighted by Crippen LogP contribution is -2.53. The number of fused-ring (bicyclic) bond motifs is 4. The predicted octanol–water partition coefficient (Wildman–Crippen LogP) is 2.79. The van der Waals surface area contributed by atoms with E-state index in [1.165, 1.54) is 0 Å². The van der Waals surface area contributed by atoms with Gasteiger partial charge in [0.2, 0.25) is 23.6 Å². The third kappa shape index (κ3) is 3.46. The molecule has 4 atom stereocenters. The van der Waals surface area contributed by atoms with Crippen molar-refractivity contribution >= 4 is 46.6 Å². The van der Waals surface area contributed by atoms with Gasteiger partial charge in [0.1, 0.15) is 5.54 Å². The fraction of sp³-hybridized carbons (Fsp3) is 0.385. The van der Waals surface area contributed by atoms with Gasteiger partial charge in [0.15, 0.2) is 0 Å². The van der Waals surface area contributed by atoms with E-state index in [1.54, 1.807) is 24.3 Å². The molecule has 0 saturated carbocycles. The molecule has 9 heteroatoms. The van der Waals surface area contributed by atoms with Crippen LogP contribution < -0.4 is 21.3 Å². The Hall–Kier alpha value is -3.23. The van der Waals surface area contributed by atoms with Crippen LogP contribution in [-0.2, 0) is 31.1 Å². The first-order chi connectivity index (χ1) is 16.7. The highest BCUT2D eigenvalue weighted by Gasteiger charge is 2.71. The molecule has 182 valence electrons. The van der Waals surface area contributed by atoms with Gasteiger partial charge in [-0.3, -0.25) is 24.5 Å². The van der Waals surface area contributed by atoms with Crippen LogP contribution in [0.5, 0.6) is 0 Å². The molecule has 3 heterocycles. The number of nitrogens with one attached hydrogen (secondary N) is 2. The Morgan fingerprint density at radius 2 is 1.86 bits per heavy atom. The minimum absolute atomic E-state index is 0.187. The highest BCUT2D eigenvalue weighted by molar-refractivity contribution is 6.35. The number of carbonyl (C=O) groups excluding carboxylic acids is 4. The van der Waals surface area contributed by atoms with Crippen molar-refractivity contribution < 1.29 is 19.2 Å². The number of hydrogen-bond donors (Lipinski definition) is 3. The maximum Gasteiger partial charge on any atom is 0.250 e. The standard InChI is InChI=1S/C26H27ClN4O4/c1-3-4-5-14-6-8-15(9-7-14)31-23(33)20-18(12-19(28)32)30-26(21(20)24(31)34)16-10-13(2)11-17(27)22(16)29-25(26)35/h6-11,18,20-21,30H,3-5,12H2,1-2H3,(H2,28,32)(H,29,35)/t18-,20-,21-,26+/m0/s1. The maximum atomic E-state index is 13.9. The number of benzene rings is 2. The molecule has 3 aliphatic rings. The number of primary amides is 1. The van der Waals surface area contributed by atoms with Crippen molar-refractivity contribution in [3.63, 3.8) is 0 Å². The van der Waals surface area contributed by atoms with Crippen molar-refractivity contribution in [2.45, 2.75) is 51.1 Å². The molecule has 8 nitrogen and oxygen atoms in total. The third-order valence-electron chi connectivity index (χ3n) is 7.35. The molecule has 0 aliphatic carbocycles. The third-order valence-corrected chi connectivity index (χ3v) is 7.65. The van der Waals surface area contributed by atoms with Gasteiger partial charge in [-0.25, -0.2) is 4.90 Å². The topological polar surface area (TPSA) is 122 Å². The molecule has 5 rings (SSSR count). The van der Waals surface area contributed by atoms with Gasteiger partial charge >= 0.3 is 0 Å². The van der Waals surface area contributed by atoms with E-state index < -0.39 is 47.0 Å². The number of amides is 4. The number of unbranched alkanes of at least 4 members (excludes halogenated alkanes) is 1. The smallest absolute Gasteiger partial charge is 0.250 e. The van der Waals surface area contributed by atoms with Crippen LogP contribution in [-0.4, -0.2) is 29.7 Å². The van der Waals surface area contributed by atoms with Crippen molar-refractivity contribution in [1.82, 2.24) is 5.32 Å². The molecule has 4 N–H and O–H groups in total. The zero-order valence-electron chi connectivity index (χ0n) is 19.6. The molecule has 2 saturated heterocycles. The second kappa shape index (κ2) is 8.46. The van der Waals surface area contributed by atoms with Gasteiger partial charge in [0, 0.05) is 18.0 Å². The van der Waals surface area contributed by atoms with Crippen LogP contribution in [0.25, 0.3) is 0 Å². The van der Waals surface area contributed by atoms with Crippen molar-refractivity contribution in [1.29, 1.82) is 0 Å². The summed E-state index contributed by atoms with van der Waals surface area (Å²) >= 11 is 6.43. The predicted molar refractivity (Wildman–Crippen MR) is 132 cm³/mol. The minimum Gasteiger partial charge on any atom is -0.370 e. The molecule has 0 aromatic heterocycles. The second-order valence-electron chi connectivity index (χ2n) is 9.64. The number of halogens is 1. The Morgan fingerprint density at radius 3 is 2.51 bits per heavy atom. The van der Waals surface area contributed by atoms with Crippen LogP contribution in [0.15, 0.2) is 36.4 Å². The Labute approximate surface area is 208 Å². The van der Waals surface area contributed by atoms with Crippen LogP contribution in [0, 0.1) is 18.8 Å². The van der Waals surface area contributed by atoms with Crippen LogP contribution in [0.2, 0.25) is 5.02 Å². The summed E-state index contributed by atoms with van der Waals surface area (Å²) < 4.78 is 0. The van der Waals surface area contributed by atoms with Gasteiger partial charge in [-0.05, 0) is 49.1 Å². The molecule has 4 amide bonds. The normalized spacial score (nSPS) is 26.9. The Bertz CT molecular complexity index is 1260. The molecule has 0 radical (unpaired) electrons. The van der Waals surface area contributed by atoms with E-state index in [4.69, 9.17) is 17.3 Å². The molecule has 2 aromatic rings. The molecular weight excluding hydrogens is 468 g/mol. The zero-order valence-corrected chi connectivity index (χ0v) is 20.3. The van der Waals surface area contributed by atoms with Gasteiger partial charge < -0.3 is 11.1 Å². The van der Waals surface area contributed by atoms with Crippen LogP contribution in [0.4, 0.5) is 11.4 Å². The fourth-order valence-corrected chi connectivity index (χ4v) is 6.15. The number of hydrogen-bond acceptors (Lipinski definition) is 5. The van der Waals surface area contributed by atoms with E-state index in [2.05, 4.69) is 17.6 Å². The maximum absolute atomic E-state index is 13.9. The SMILES string of the molecule is CCCCc1ccc(N2C(=O)[C@H]3[C@H](CC(N)=O)N[C@@]4(C(=O)Nc5c(Cl)cc(C)cc54)[C@@H]3C2=O)cc1. The first kappa shape index (κ1) is 23.5. The van der Waals surface area contributed by atoms with Crippen molar-refractivity contribution in [3.05, 3.63) is 58.1 Å². The van der Waals surface area contributed by atoms with Gasteiger partial charge in [0.05, 0.1) is 28.2 Å². The number of imide groups is 1. The average molecular weight is 495 g/mol. The lowest BCUT2D eigenvalue weighted by atomic mass is 9.76. The monoisotopic (exact) mass is 494 g/mol. The summed E-state index contributed by atoms with van der Waals surface area (Å²) in [7, 11) is 0. The lowest BCUT2D eigenvalue weighted by Gasteiger charge is -2.29. The largest absolute Gasteiger partial charge is 0.370 e. The van der Waals surface area contributed by atoms with E-state index in [0.717, 1.165) is 35.3 Å². The number of nitrogens with zero attached hydrogens (tertiary/aromatic N) is 1. The van der Waals surface area contributed by atoms with E-state index >= 15 is 0 Å². The molecule has 35 heavy (non-hydrogen) atoms. The van der Waals surface area contributed by atoms with Crippen LogP contribution in [0.3, 0.4) is 0 Å². The van der Waals surface area contributed by atoms with E-state index in [1.807, 2.05) is 19.1 Å². The highest BCUT2D eigenvalue weighted by Crippen LogP contribution is 2.55. The first-order valence-electron chi connectivity index (χ1n) is 11.8.